The lowest BCUT2D eigenvalue weighted by molar-refractivity contribution is 0.587. The molecule has 0 fully saturated rings. The molecule has 9 heteroatoms. The Balaban J connectivity index is 2.00. The molecule has 3 rings (SSSR count). The predicted molar refractivity (Wildman–Crippen MR) is 100.0 cm³/mol. The molecule has 0 unspecified atom stereocenters. The lowest BCUT2D eigenvalue weighted by Gasteiger charge is -2.12. The Kier molecular flexibility index (Phi) is 4.70. The van der Waals surface area contributed by atoms with Gasteiger partial charge in [0.05, 0.1) is 16.1 Å². The molecule has 0 amide bonds. The van der Waals surface area contributed by atoms with Crippen molar-refractivity contribution < 1.29 is 16.8 Å². The van der Waals surface area contributed by atoms with Crippen LogP contribution in [0.5, 0.6) is 0 Å². The number of hydrogen-bond donors (Lipinski definition) is 2. The molecule has 3 aromatic rings. The van der Waals surface area contributed by atoms with Crippen LogP contribution in [0.3, 0.4) is 0 Å². The number of anilines is 1. The Morgan fingerprint density at radius 3 is 2.38 bits per heavy atom. The smallest absolute Gasteiger partial charge is 0.263 e. The molecule has 7 nitrogen and oxygen atoms in total. The molecule has 1 heterocycles. The van der Waals surface area contributed by atoms with Gasteiger partial charge in [0.1, 0.15) is 4.90 Å². The molecule has 136 valence electrons. The summed E-state index contributed by atoms with van der Waals surface area (Å²) in [7, 11) is -6.31. The van der Waals surface area contributed by atoms with Gasteiger partial charge in [-0.15, -0.1) is 0 Å². The number of para-hydroxylation sites is 1. The summed E-state index contributed by atoms with van der Waals surface area (Å²) in [5.41, 5.74) is 1.34. The Bertz CT molecular complexity index is 1190. The van der Waals surface area contributed by atoms with Gasteiger partial charge in [-0.05, 0) is 43.8 Å². The lowest BCUT2D eigenvalue weighted by atomic mass is 10.2. The zero-order chi connectivity index (χ0) is 18.9. The summed E-state index contributed by atoms with van der Waals surface area (Å²) in [5, 5.41) is 0.692. The van der Waals surface area contributed by atoms with E-state index in [0.29, 0.717) is 16.5 Å². The van der Waals surface area contributed by atoms with Crippen LogP contribution < -0.4 is 9.44 Å². The number of pyridine rings is 1. The Morgan fingerprint density at radius 1 is 0.923 bits per heavy atom. The van der Waals surface area contributed by atoms with Crippen LogP contribution in [0.15, 0.2) is 64.5 Å². The van der Waals surface area contributed by atoms with Crippen LogP contribution in [0.25, 0.3) is 10.9 Å². The number of sulfonamides is 2. The molecular formula is C17H17N3O4S2. The second kappa shape index (κ2) is 6.67. The first-order chi connectivity index (χ1) is 12.2. The first kappa shape index (κ1) is 18.3. The van der Waals surface area contributed by atoms with Gasteiger partial charge in [-0.1, -0.05) is 24.3 Å². The monoisotopic (exact) mass is 391 g/mol. The Morgan fingerprint density at radius 2 is 1.65 bits per heavy atom. The van der Waals surface area contributed by atoms with Gasteiger partial charge in [-0.2, -0.15) is 0 Å². The maximum Gasteiger partial charge on any atom is 0.263 e. The highest BCUT2D eigenvalue weighted by molar-refractivity contribution is 7.92. The fraction of sp³-hybridized carbons (Fsp3) is 0.118. The highest BCUT2D eigenvalue weighted by Gasteiger charge is 2.19. The largest absolute Gasteiger partial charge is 0.280 e. The second-order valence-electron chi connectivity index (χ2n) is 5.66. The zero-order valence-corrected chi connectivity index (χ0v) is 15.7. The number of nitrogens with one attached hydrogen (secondary N) is 2. The molecule has 0 saturated heterocycles. The highest BCUT2D eigenvalue weighted by Crippen LogP contribution is 2.23. The minimum Gasteiger partial charge on any atom is -0.280 e. The number of fused-ring (bicyclic) bond motifs is 1. The van der Waals surface area contributed by atoms with Crippen molar-refractivity contribution in [2.24, 2.45) is 0 Å². The summed E-state index contributed by atoms with van der Waals surface area (Å²) in [4.78, 5) is 4.15. The van der Waals surface area contributed by atoms with Crippen molar-refractivity contribution >= 4 is 36.6 Å². The Labute approximate surface area is 152 Å². The molecule has 0 aliphatic carbocycles. The third-order valence-electron chi connectivity index (χ3n) is 3.87. The normalized spacial score (nSPS) is 12.2. The SMILES string of the molecule is CNS(=O)(=O)c1cc(NS(=O)(=O)c2cnc3ccccc3c2)ccc1C. The maximum atomic E-state index is 12.6. The maximum absolute atomic E-state index is 12.6. The first-order valence-electron chi connectivity index (χ1n) is 7.65. The van der Waals surface area contributed by atoms with Gasteiger partial charge >= 0.3 is 0 Å². The summed E-state index contributed by atoms with van der Waals surface area (Å²) in [5.74, 6) is 0. The number of rotatable bonds is 5. The fourth-order valence-electron chi connectivity index (χ4n) is 2.47. The second-order valence-corrected chi connectivity index (χ2v) is 9.19. The number of aromatic nitrogens is 1. The van der Waals surface area contributed by atoms with Gasteiger partial charge in [0.15, 0.2) is 0 Å². The molecule has 0 bridgehead atoms. The first-order valence-corrected chi connectivity index (χ1v) is 10.6. The van der Waals surface area contributed by atoms with Crippen molar-refractivity contribution in [1.29, 1.82) is 0 Å². The summed E-state index contributed by atoms with van der Waals surface area (Å²) in [6, 6.07) is 13.0. The molecule has 0 atom stereocenters. The van der Waals surface area contributed by atoms with Crippen molar-refractivity contribution in [2.45, 2.75) is 16.7 Å². The molecule has 0 saturated carbocycles. The van der Waals surface area contributed by atoms with Crippen LogP contribution in [-0.4, -0.2) is 28.9 Å². The van der Waals surface area contributed by atoms with Crippen LogP contribution in [0, 0.1) is 6.92 Å². The number of benzene rings is 2. The molecule has 0 radical (unpaired) electrons. The fourth-order valence-corrected chi connectivity index (χ4v) is 4.50. The molecule has 0 spiro atoms. The third kappa shape index (κ3) is 3.55. The standard InChI is InChI=1S/C17H17N3O4S2/c1-12-7-8-14(10-17(12)26(23,24)18-2)20-25(21,22)15-9-13-5-3-4-6-16(13)19-11-15/h3-11,18,20H,1-2H3. The molecule has 26 heavy (non-hydrogen) atoms. The zero-order valence-electron chi connectivity index (χ0n) is 14.1. The average molecular weight is 391 g/mol. The minimum atomic E-state index is -3.91. The van der Waals surface area contributed by atoms with Crippen LogP contribution in [0.1, 0.15) is 5.56 Å². The van der Waals surface area contributed by atoms with Gasteiger partial charge in [-0.25, -0.2) is 21.6 Å². The van der Waals surface area contributed by atoms with Crippen LogP contribution >= 0.6 is 0 Å². The molecular weight excluding hydrogens is 374 g/mol. The number of nitrogens with zero attached hydrogens (tertiary/aromatic N) is 1. The van der Waals surface area contributed by atoms with E-state index in [0.717, 1.165) is 0 Å². The number of hydrogen-bond acceptors (Lipinski definition) is 5. The molecule has 0 aliphatic heterocycles. The summed E-state index contributed by atoms with van der Waals surface area (Å²) in [6.45, 7) is 1.63. The van der Waals surface area contributed by atoms with Crippen molar-refractivity contribution in [1.82, 2.24) is 9.71 Å². The minimum absolute atomic E-state index is 0.00482. The molecule has 2 aromatic carbocycles. The van der Waals surface area contributed by atoms with E-state index in [-0.39, 0.29) is 15.5 Å². The number of aryl methyl sites for hydroxylation is 1. The van der Waals surface area contributed by atoms with E-state index in [1.165, 1.54) is 31.4 Å². The van der Waals surface area contributed by atoms with Crippen LogP contribution in [0.4, 0.5) is 5.69 Å². The van der Waals surface area contributed by atoms with Crippen molar-refractivity contribution in [3.8, 4) is 0 Å². The Hall–Kier alpha value is -2.49. The van der Waals surface area contributed by atoms with Gasteiger partial charge in [0, 0.05) is 11.6 Å². The lowest BCUT2D eigenvalue weighted by Crippen LogP contribution is -2.20. The van der Waals surface area contributed by atoms with E-state index in [1.807, 2.05) is 6.07 Å². The van der Waals surface area contributed by atoms with E-state index in [9.17, 15) is 16.8 Å². The van der Waals surface area contributed by atoms with Gasteiger partial charge < -0.3 is 0 Å². The van der Waals surface area contributed by atoms with Crippen molar-refractivity contribution in [2.75, 3.05) is 11.8 Å². The topological polar surface area (TPSA) is 105 Å². The molecule has 0 aliphatic rings. The summed E-state index contributed by atoms with van der Waals surface area (Å²) < 4.78 is 54.0. The van der Waals surface area contributed by atoms with Gasteiger partial charge in [0.25, 0.3) is 10.0 Å². The molecule has 1 aromatic heterocycles. The molecule has 2 N–H and O–H groups in total. The summed E-state index contributed by atoms with van der Waals surface area (Å²) in [6.07, 6.45) is 1.27. The van der Waals surface area contributed by atoms with Crippen LogP contribution in [-0.2, 0) is 20.0 Å². The van der Waals surface area contributed by atoms with E-state index in [4.69, 9.17) is 0 Å². The van der Waals surface area contributed by atoms with Gasteiger partial charge in [-0.3, -0.25) is 9.71 Å². The van der Waals surface area contributed by atoms with Crippen LogP contribution in [0.2, 0.25) is 0 Å². The highest BCUT2D eigenvalue weighted by atomic mass is 32.2. The van der Waals surface area contributed by atoms with E-state index < -0.39 is 20.0 Å². The summed E-state index contributed by atoms with van der Waals surface area (Å²) >= 11 is 0. The quantitative estimate of drug-likeness (QED) is 0.694. The van der Waals surface area contributed by atoms with E-state index in [1.54, 1.807) is 31.2 Å². The van der Waals surface area contributed by atoms with E-state index >= 15 is 0 Å². The predicted octanol–water partition coefficient (Wildman–Crippen LogP) is 2.25. The van der Waals surface area contributed by atoms with Gasteiger partial charge in [0.2, 0.25) is 10.0 Å². The average Bonchev–Trinajstić information content (AvgIpc) is 2.62. The van der Waals surface area contributed by atoms with E-state index in [2.05, 4.69) is 14.4 Å². The van der Waals surface area contributed by atoms with Crippen molar-refractivity contribution in [3.05, 3.63) is 60.3 Å². The third-order valence-corrected chi connectivity index (χ3v) is 6.78. The van der Waals surface area contributed by atoms with Crippen molar-refractivity contribution in [3.63, 3.8) is 0 Å².